The van der Waals surface area contributed by atoms with Gasteiger partial charge in [-0.2, -0.15) is 0 Å². The van der Waals surface area contributed by atoms with Crippen molar-refractivity contribution in [1.29, 1.82) is 0 Å². The third-order valence-corrected chi connectivity index (χ3v) is 3.49. The van der Waals surface area contributed by atoms with Gasteiger partial charge in [-0.15, -0.1) is 0 Å². The summed E-state index contributed by atoms with van der Waals surface area (Å²) < 4.78 is 1.93. The van der Waals surface area contributed by atoms with E-state index in [0.717, 1.165) is 16.5 Å². The molecule has 0 saturated heterocycles. The molecule has 6 heteroatoms. The molecule has 0 aliphatic rings. The van der Waals surface area contributed by atoms with Crippen molar-refractivity contribution in [2.24, 2.45) is 0 Å². The molecule has 0 bridgehead atoms. The highest BCUT2D eigenvalue weighted by atomic mass is 16.6. The van der Waals surface area contributed by atoms with E-state index in [1.807, 2.05) is 22.9 Å². The number of hydrogen-bond acceptors (Lipinski definition) is 3. The smallest absolute Gasteiger partial charge is 0.335 e. The molecule has 3 rings (SSSR count). The second-order valence-electron chi connectivity index (χ2n) is 4.95. The Morgan fingerprint density at radius 2 is 2.00 bits per heavy atom. The van der Waals surface area contributed by atoms with Gasteiger partial charge in [0.05, 0.1) is 10.5 Å². The van der Waals surface area contributed by atoms with Crippen LogP contribution in [-0.4, -0.2) is 20.6 Å². The van der Waals surface area contributed by atoms with Gasteiger partial charge in [0.25, 0.3) is 5.69 Å². The average Bonchev–Trinajstić information content (AvgIpc) is 2.90. The van der Waals surface area contributed by atoms with Gasteiger partial charge in [-0.05, 0) is 29.8 Å². The number of rotatable bonds is 4. The summed E-state index contributed by atoms with van der Waals surface area (Å²) in [6, 6.07) is 13.2. The number of carbonyl (C=O) groups is 1. The Kier molecular flexibility index (Phi) is 3.34. The molecule has 1 N–H and O–H groups in total. The van der Waals surface area contributed by atoms with Crippen LogP contribution in [0.15, 0.2) is 54.7 Å². The van der Waals surface area contributed by atoms with Gasteiger partial charge >= 0.3 is 5.97 Å². The summed E-state index contributed by atoms with van der Waals surface area (Å²) >= 11 is 0. The maximum Gasteiger partial charge on any atom is 0.335 e. The summed E-state index contributed by atoms with van der Waals surface area (Å²) in [5.74, 6) is -0.965. The Morgan fingerprint density at radius 3 is 2.73 bits per heavy atom. The van der Waals surface area contributed by atoms with Crippen LogP contribution in [0.25, 0.3) is 10.9 Å². The highest BCUT2D eigenvalue weighted by molar-refractivity contribution is 5.93. The molecule has 2 aromatic carbocycles. The maximum absolute atomic E-state index is 11.0. The van der Waals surface area contributed by atoms with Crippen LogP contribution in [0.1, 0.15) is 15.9 Å². The minimum Gasteiger partial charge on any atom is -0.478 e. The van der Waals surface area contributed by atoms with E-state index in [1.165, 1.54) is 12.1 Å². The predicted octanol–water partition coefficient (Wildman–Crippen LogP) is 3.30. The fraction of sp³-hybridized carbons (Fsp3) is 0.0625. The van der Waals surface area contributed by atoms with E-state index in [2.05, 4.69) is 0 Å². The summed E-state index contributed by atoms with van der Waals surface area (Å²) in [4.78, 5) is 21.4. The molecular formula is C16H12N2O4. The van der Waals surface area contributed by atoms with E-state index in [9.17, 15) is 14.9 Å². The standard InChI is InChI=1S/C16H12N2O4/c19-16(20)13-4-5-15-12(9-13)6-7-17(15)10-11-2-1-3-14(8-11)18(21)22/h1-9H,10H2,(H,19,20). The summed E-state index contributed by atoms with van der Waals surface area (Å²) in [6.07, 6.45) is 1.84. The van der Waals surface area contributed by atoms with E-state index in [1.54, 1.807) is 24.3 Å². The highest BCUT2D eigenvalue weighted by Crippen LogP contribution is 2.20. The molecule has 1 heterocycles. The Bertz CT molecular complexity index is 883. The van der Waals surface area contributed by atoms with Crippen LogP contribution >= 0.6 is 0 Å². The average molecular weight is 296 g/mol. The van der Waals surface area contributed by atoms with Crippen LogP contribution in [0.5, 0.6) is 0 Å². The maximum atomic E-state index is 11.0. The topological polar surface area (TPSA) is 85.4 Å². The van der Waals surface area contributed by atoms with Crippen LogP contribution in [0, 0.1) is 10.1 Å². The molecule has 0 spiro atoms. The summed E-state index contributed by atoms with van der Waals surface area (Å²) in [7, 11) is 0. The molecule has 0 radical (unpaired) electrons. The quantitative estimate of drug-likeness (QED) is 0.591. The van der Waals surface area contributed by atoms with Crippen molar-refractivity contribution < 1.29 is 14.8 Å². The van der Waals surface area contributed by atoms with Crippen molar-refractivity contribution >= 4 is 22.6 Å². The van der Waals surface area contributed by atoms with Gasteiger partial charge in [-0.25, -0.2) is 4.79 Å². The summed E-state index contributed by atoms with van der Waals surface area (Å²) in [5.41, 5.74) is 1.99. The number of carboxylic acids is 1. The van der Waals surface area contributed by atoms with Gasteiger partial charge in [0.15, 0.2) is 0 Å². The Balaban J connectivity index is 1.96. The number of carboxylic acid groups (broad SMARTS) is 1. The number of fused-ring (bicyclic) bond motifs is 1. The second kappa shape index (κ2) is 5.33. The third kappa shape index (κ3) is 2.54. The van der Waals surface area contributed by atoms with Gasteiger partial charge in [-0.3, -0.25) is 10.1 Å². The number of aromatic carboxylic acids is 1. The summed E-state index contributed by atoms with van der Waals surface area (Å²) in [6.45, 7) is 0.484. The van der Waals surface area contributed by atoms with E-state index < -0.39 is 10.9 Å². The van der Waals surface area contributed by atoms with Crippen LogP contribution < -0.4 is 0 Å². The molecule has 6 nitrogen and oxygen atoms in total. The van der Waals surface area contributed by atoms with Crippen molar-refractivity contribution in [3.8, 4) is 0 Å². The number of hydrogen-bond donors (Lipinski definition) is 1. The lowest BCUT2D eigenvalue weighted by atomic mass is 10.1. The van der Waals surface area contributed by atoms with Crippen molar-refractivity contribution in [3.05, 3.63) is 76.0 Å². The second-order valence-corrected chi connectivity index (χ2v) is 4.95. The molecule has 1 aromatic heterocycles. The SMILES string of the molecule is O=C(O)c1ccc2c(ccn2Cc2cccc([N+](=O)[O-])c2)c1. The van der Waals surface area contributed by atoms with Crippen LogP contribution in [0.4, 0.5) is 5.69 Å². The van der Waals surface area contributed by atoms with E-state index in [-0.39, 0.29) is 11.3 Å². The molecule has 0 atom stereocenters. The molecule has 110 valence electrons. The van der Waals surface area contributed by atoms with E-state index in [0.29, 0.717) is 6.54 Å². The van der Waals surface area contributed by atoms with Crippen molar-refractivity contribution in [1.82, 2.24) is 4.57 Å². The fourth-order valence-electron chi connectivity index (χ4n) is 2.44. The fourth-order valence-corrected chi connectivity index (χ4v) is 2.44. The molecule has 0 unspecified atom stereocenters. The molecule has 0 aliphatic heterocycles. The Hall–Kier alpha value is -3.15. The minimum absolute atomic E-state index is 0.0575. The molecular weight excluding hydrogens is 284 g/mol. The first-order valence-corrected chi connectivity index (χ1v) is 6.60. The monoisotopic (exact) mass is 296 g/mol. The number of benzene rings is 2. The van der Waals surface area contributed by atoms with Gasteiger partial charge < -0.3 is 9.67 Å². The molecule has 3 aromatic rings. The number of nitro groups is 1. The van der Waals surface area contributed by atoms with Crippen molar-refractivity contribution in [3.63, 3.8) is 0 Å². The highest BCUT2D eigenvalue weighted by Gasteiger charge is 2.09. The Morgan fingerprint density at radius 1 is 1.18 bits per heavy atom. The molecule has 0 saturated carbocycles. The lowest BCUT2D eigenvalue weighted by Crippen LogP contribution is -2.00. The van der Waals surface area contributed by atoms with Gasteiger partial charge in [0, 0.05) is 35.8 Å². The zero-order valence-corrected chi connectivity index (χ0v) is 11.5. The molecule has 0 aliphatic carbocycles. The first kappa shape index (κ1) is 13.8. The lowest BCUT2D eigenvalue weighted by Gasteiger charge is -2.06. The van der Waals surface area contributed by atoms with Gasteiger partial charge in [0.2, 0.25) is 0 Å². The largest absolute Gasteiger partial charge is 0.478 e. The van der Waals surface area contributed by atoms with Gasteiger partial charge in [-0.1, -0.05) is 12.1 Å². The minimum atomic E-state index is -0.965. The number of nitro benzene ring substituents is 1. The third-order valence-electron chi connectivity index (χ3n) is 3.49. The Labute approximate surface area is 125 Å². The number of aromatic nitrogens is 1. The van der Waals surface area contributed by atoms with E-state index in [4.69, 9.17) is 5.11 Å². The van der Waals surface area contributed by atoms with Crippen LogP contribution in [0.3, 0.4) is 0 Å². The van der Waals surface area contributed by atoms with Crippen LogP contribution in [-0.2, 0) is 6.54 Å². The van der Waals surface area contributed by atoms with Crippen LogP contribution in [0.2, 0.25) is 0 Å². The number of nitrogens with zero attached hydrogens (tertiary/aromatic N) is 2. The molecule has 0 fully saturated rings. The van der Waals surface area contributed by atoms with Crippen molar-refractivity contribution in [2.75, 3.05) is 0 Å². The predicted molar refractivity (Wildman–Crippen MR) is 81.1 cm³/mol. The van der Waals surface area contributed by atoms with E-state index >= 15 is 0 Å². The zero-order valence-electron chi connectivity index (χ0n) is 11.5. The molecule has 22 heavy (non-hydrogen) atoms. The first-order valence-electron chi connectivity index (χ1n) is 6.60. The van der Waals surface area contributed by atoms with Crippen molar-refractivity contribution in [2.45, 2.75) is 6.54 Å². The summed E-state index contributed by atoms with van der Waals surface area (Å²) in [5, 5.41) is 20.6. The first-order chi connectivity index (χ1) is 10.5. The normalized spacial score (nSPS) is 10.7. The zero-order chi connectivity index (χ0) is 15.7. The number of non-ortho nitro benzene ring substituents is 1. The lowest BCUT2D eigenvalue weighted by molar-refractivity contribution is -0.384. The molecule has 0 amide bonds. The van der Waals surface area contributed by atoms with Gasteiger partial charge in [0.1, 0.15) is 0 Å².